The van der Waals surface area contributed by atoms with Gasteiger partial charge in [-0.1, -0.05) is 12.1 Å². The number of rotatable bonds is 3. The topological polar surface area (TPSA) is 41.6 Å². The van der Waals surface area contributed by atoms with Gasteiger partial charge in [-0.25, -0.2) is 4.39 Å². The highest BCUT2D eigenvalue weighted by Crippen LogP contribution is 2.26. The first-order valence-electron chi connectivity index (χ1n) is 8.04. The fourth-order valence-electron chi connectivity index (χ4n) is 3.29. The molecule has 4 nitrogen and oxygen atoms in total. The maximum atomic E-state index is 13.1. The van der Waals surface area contributed by atoms with Crippen LogP contribution in [0, 0.1) is 5.82 Å². The monoisotopic (exact) mass is 342 g/mol. The molecule has 0 aliphatic carbocycles. The number of ether oxygens (including phenoxy) is 1. The third-order valence-electron chi connectivity index (χ3n) is 4.44. The highest BCUT2D eigenvalue weighted by Gasteiger charge is 2.30. The van der Waals surface area contributed by atoms with Gasteiger partial charge in [0, 0.05) is 19.0 Å². The van der Waals surface area contributed by atoms with Crippen LogP contribution in [0.2, 0.25) is 0 Å². The number of carbonyl (C=O) groups excluding carboxylic acids is 1. The summed E-state index contributed by atoms with van der Waals surface area (Å²) in [5.74, 6) is -0.0745. The van der Waals surface area contributed by atoms with Gasteiger partial charge in [0.15, 0.2) is 0 Å². The van der Waals surface area contributed by atoms with Crippen molar-refractivity contribution in [2.75, 3.05) is 19.6 Å². The Morgan fingerprint density at radius 2 is 2.09 bits per heavy atom. The molecule has 1 N–H and O–H groups in total. The highest BCUT2D eigenvalue weighted by molar-refractivity contribution is 5.85. The lowest BCUT2D eigenvalue weighted by molar-refractivity contribution is -0.145. The number of benzene rings is 1. The summed E-state index contributed by atoms with van der Waals surface area (Å²) in [6, 6.07) is 6.66. The van der Waals surface area contributed by atoms with E-state index in [2.05, 4.69) is 5.32 Å². The number of morpholine rings is 1. The Hall–Kier alpha value is -1.17. The van der Waals surface area contributed by atoms with Crippen molar-refractivity contribution >= 4 is 18.3 Å². The summed E-state index contributed by atoms with van der Waals surface area (Å²) in [6.45, 7) is 4.16. The molecule has 0 radical (unpaired) electrons. The minimum Gasteiger partial charge on any atom is -0.367 e. The van der Waals surface area contributed by atoms with E-state index in [-0.39, 0.29) is 36.3 Å². The fourth-order valence-corrected chi connectivity index (χ4v) is 3.29. The van der Waals surface area contributed by atoms with E-state index in [0.717, 1.165) is 24.9 Å². The van der Waals surface area contributed by atoms with E-state index in [9.17, 15) is 9.18 Å². The van der Waals surface area contributed by atoms with Crippen molar-refractivity contribution in [2.24, 2.45) is 0 Å². The van der Waals surface area contributed by atoms with Crippen LogP contribution in [0.4, 0.5) is 4.39 Å². The lowest BCUT2D eigenvalue weighted by atomic mass is 10.1. The summed E-state index contributed by atoms with van der Waals surface area (Å²) in [4.78, 5) is 14.4. The number of nitrogens with zero attached hydrogens (tertiary/aromatic N) is 1. The first kappa shape index (κ1) is 18.2. The quantitative estimate of drug-likeness (QED) is 0.918. The molecule has 0 spiro atoms. The van der Waals surface area contributed by atoms with E-state index in [4.69, 9.17) is 4.74 Å². The van der Waals surface area contributed by atoms with Gasteiger partial charge in [0.25, 0.3) is 0 Å². The average molecular weight is 343 g/mol. The Balaban J connectivity index is 0.00000192. The summed E-state index contributed by atoms with van der Waals surface area (Å²) in [6.07, 6.45) is 2.60. The summed E-state index contributed by atoms with van der Waals surface area (Å²) in [7, 11) is 0. The van der Waals surface area contributed by atoms with Gasteiger partial charge in [-0.15, -0.1) is 12.4 Å². The van der Waals surface area contributed by atoms with Crippen LogP contribution in [0.5, 0.6) is 0 Å². The smallest absolute Gasteiger partial charge is 0.224 e. The first-order valence-corrected chi connectivity index (χ1v) is 8.04. The van der Waals surface area contributed by atoms with E-state index in [1.807, 2.05) is 11.8 Å². The van der Waals surface area contributed by atoms with Crippen LogP contribution in [0.15, 0.2) is 24.3 Å². The van der Waals surface area contributed by atoms with Crippen LogP contribution in [0.25, 0.3) is 0 Å². The number of hydrogen-bond donors (Lipinski definition) is 1. The van der Waals surface area contributed by atoms with Crippen molar-refractivity contribution in [1.82, 2.24) is 10.2 Å². The molecule has 6 heteroatoms. The molecule has 3 atom stereocenters. The standard InChI is InChI=1S/C17H23FN2O2.ClH/c1-12-10-20(17(21)9-15-3-2-8-19-15)11-16(22-12)13-4-6-14(18)7-5-13;/h4-7,12,15-16,19H,2-3,8-11H2,1H3;1H. The van der Waals surface area contributed by atoms with Crippen molar-refractivity contribution in [1.29, 1.82) is 0 Å². The van der Waals surface area contributed by atoms with Gasteiger partial charge < -0.3 is 15.0 Å². The molecular formula is C17H24ClFN2O2. The molecule has 1 aromatic carbocycles. The Bertz CT molecular complexity index is 520. The molecule has 3 rings (SSSR count). The largest absolute Gasteiger partial charge is 0.367 e. The first-order chi connectivity index (χ1) is 10.6. The van der Waals surface area contributed by atoms with Gasteiger partial charge in [-0.3, -0.25) is 4.79 Å². The lowest BCUT2D eigenvalue weighted by Gasteiger charge is -2.37. The number of nitrogens with one attached hydrogen (secondary N) is 1. The summed E-state index contributed by atoms with van der Waals surface area (Å²) >= 11 is 0. The van der Waals surface area contributed by atoms with Gasteiger partial charge in [-0.05, 0) is 44.0 Å². The molecule has 0 saturated carbocycles. The molecule has 2 heterocycles. The zero-order valence-corrected chi connectivity index (χ0v) is 14.2. The zero-order valence-electron chi connectivity index (χ0n) is 13.3. The van der Waals surface area contributed by atoms with Crippen LogP contribution < -0.4 is 5.32 Å². The summed E-state index contributed by atoms with van der Waals surface area (Å²) in [5.41, 5.74) is 0.921. The van der Waals surface area contributed by atoms with E-state index in [1.54, 1.807) is 12.1 Å². The maximum Gasteiger partial charge on any atom is 0.224 e. The van der Waals surface area contributed by atoms with Crippen LogP contribution in [-0.2, 0) is 9.53 Å². The molecule has 2 fully saturated rings. The molecule has 2 aliphatic heterocycles. The van der Waals surface area contributed by atoms with E-state index >= 15 is 0 Å². The second-order valence-corrected chi connectivity index (χ2v) is 6.28. The predicted molar refractivity (Wildman–Crippen MR) is 89.2 cm³/mol. The minimum absolute atomic E-state index is 0. The average Bonchev–Trinajstić information content (AvgIpc) is 3.00. The molecule has 0 bridgehead atoms. The molecule has 3 unspecified atom stereocenters. The molecule has 0 aromatic heterocycles. The van der Waals surface area contributed by atoms with Gasteiger partial charge in [0.2, 0.25) is 5.91 Å². The van der Waals surface area contributed by atoms with E-state index < -0.39 is 0 Å². The Morgan fingerprint density at radius 1 is 1.35 bits per heavy atom. The van der Waals surface area contributed by atoms with Crippen LogP contribution in [-0.4, -0.2) is 42.6 Å². The fraction of sp³-hybridized carbons (Fsp3) is 0.588. The normalized spacial score (nSPS) is 27.6. The molecule has 1 aromatic rings. The van der Waals surface area contributed by atoms with Crippen LogP contribution in [0.1, 0.15) is 37.9 Å². The maximum absolute atomic E-state index is 13.1. The summed E-state index contributed by atoms with van der Waals surface area (Å²) < 4.78 is 19.0. The number of carbonyl (C=O) groups is 1. The SMILES string of the molecule is CC1CN(C(=O)CC2CCCN2)CC(c2ccc(F)cc2)O1.Cl. The molecule has 128 valence electrons. The second kappa shape index (κ2) is 8.08. The van der Waals surface area contributed by atoms with Crippen LogP contribution >= 0.6 is 12.4 Å². The summed E-state index contributed by atoms with van der Waals surface area (Å²) in [5, 5.41) is 3.37. The van der Waals surface area contributed by atoms with Crippen molar-refractivity contribution in [3.8, 4) is 0 Å². The molecule has 23 heavy (non-hydrogen) atoms. The number of halogens is 2. The van der Waals surface area contributed by atoms with Gasteiger partial charge in [0.05, 0.1) is 12.6 Å². The number of hydrogen-bond acceptors (Lipinski definition) is 3. The molecule has 2 saturated heterocycles. The predicted octanol–water partition coefficient (Wildman–Crippen LogP) is 2.68. The van der Waals surface area contributed by atoms with Crippen molar-refractivity contribution in [2.45, 2.75) is 44.4 Å². The number of amides is 1. The molecular weight excluding hydrogens is 319 g/mol. The highest BCUT2D eigenvalue weighted by atomic mass is 35.5. The van der Waals surface area contributed by atoms with Gasteiger partial charge >= 0.3 is 0 Å². The van der Waals surface area contributed by atoms with E-state index in [1.165, 1.54) is 12.1 Å². The Labute approximate surface area is 142 Å². The third-order valence-corrected chi connectivity index (χ3v) is 4.44. The van der Waals surface area contributed by atoms with Crippen molar-refractivity contribution in [3.63, 3.8) is 0 Å². The van der Waals surface area contributed by atoms with Crippen molar-refractivity contribution in [3.05, 3.63) is 35.6 Å². The molecule has 1 amide bonds. The minimum atomic E-state index is -0.257. The van der Waals surface area contributed by atoms with Crippen molar-refractivity contribution < 1.29 is 13.9 Å². The van der Waals surface area contributed by atoms with Gasteiger partial charge in [-0.2, -0.15) is 0 Å². The van der Waals surface area contributed by atoms with E-state index in [0.29, 0.717) is 25.6 Å². The zero-order chi connectivity index (χ0) is 15.5. The third kappa shape index (κ3) is 4.66. The Kier molecular flexibility index (Phi) is 6.39. The van der Waals surface area contributed by atoms with Crippen LogP contribution in [0.3, 0.4) is 0 Å². The molecule has 2 aliphatic rings. The second-order valence-electron chi connectivity index (χ2n) is 6.28. The Morgan fingerprint density at radius 3 is 2.74 bits per heavy atom. The lowest BCUT2D eigenvalue weighted by Crippen LogP contribution is -2.47. The van der Waals surface area contributed by atoms with Gasteiger partial charge in [0.1, 0.15) is 11.9 Å².